The summed E-state index contributed by atoms with van der Waals surface area (Å²) in [5.74, 6) is 0.106. The second-order valence-electron chi connectivity index (χ2n) is 8.92. The third-order valence-corrected chi connectivity index (χ3v) is 5.30. The quantitative estimate of drug-likeness (QED) is 0.403. The Morgan fingerprint density at radius 1 is 0.909 bits per heavy atom. The Morgan fingerprint density at radius 3 is 2.21 bits per heavy atom. The highest BCUT2D eigenvalue weighted by Crippen LogP contribution is 2.32. The molecule has 0 saturated heterocycles. The van der Waals surface area contributed by atoms with E-state index in [0.717, 1.165) is 22.6 Å². The van der Waals surface area contributed by atoms with Crippen LogP contribution in [0.2, 0.25) is 0 Å². The summed E-state index contributed by atoms with van der Waals surface area (Å²) in [6.07, 6.45) is 0.744. The van der Waals surface area contributed by atoms with E-state index >= 15 is 0 Å². The molecule has 0 unspecified atom stereocenters. The van der Waals surface area contributed by atoms with Crippen molar-refractivity contribution in [2.75, 3.05) is 18.5 Å². The van der Waals surface area contributed by atoms with Gasteiger partial charge >= 0.3 is 0 Å². The van der Waals surface area contributed by atoms with Crippen LogP contribution in [0.15, 0.2) is 48.2 Å². The molecule has 0 spiro atoms. The zero-order valence-electron chi connectivity index (χ0n) is 20.4. The molecule has 2 aromatic rings. The fourth-order valence-electron chi connectivity index (χ4n) is 3.77. The van der Waals surface area contributed by atoms with Gasteiger partial charge < -0.3 is 14.8 Å². The van der Waals surface area contributed by atoms with Gasteiger partial charge in [0.2, 0.25) is 0 Å². The predicted molar refractivity (Wildman–Crippen MR) is 131 cm³/mol. The van der Waals surface area contributed by atoms with Gasteiger partial charge in [0.1, 0.15) is 11.4 Å². The zero-order chi connectivity index (χ0) is 24.1. The molecule has 3 rings (SSSR count). The number of benzene rings is 2. The second-order valence-corrected chi connectivity index (χ2v) is 8.92. The van der Waals surface area contributed by atoms with E-state index in [1.807, 2.05) is 84.0 Å². The predicted octanol–water partition coefficient (Wildman–Crippen LogP) is 5.10. The number of amides is 2. The number of anilines is 1. The summed E-state index contributed by atoms with van der Waals surface area (Å²) in [5, 5.41) is 3.26. The smallest absolute Gasteiger partial charge is 0.278 e. The maximum Gasteiger partial charge on any atom is 0.278 e. The van der Waals surface area contributed by atoms with Crippen molar-refractivity contribution in [1.82, 2.24) is 4.90 Å². The summed E-state index contributed by atoms with van der Waals surface area (Å²) >= 11 is 0. The highest BCUT2D eigenvalue weighted by molar-refractivity contribution is 6.36. The van der Waals surface area contributed by atoms with Crippen molar-refractivity contribution in [3.05, 3.63) is 64.9 Å². The Kier molecular flexibility index (Phi) is 7.92. The molecule has 2 aromatic carbocycles. The van der Waals surface area contributed by atoms with E-state index < -0.39 is 0 Å². The number of nitrogens with one attached hydrogen (secondary N) is 1. The molecule has 1 aliphatic heterocycles. The topological polar surface area (TPSA) is 67.9 Å². The van der Waals surface area contributed by atoms with Crippen molar-refractivity contribution < 1.29 is 19.1 Å². The molecule has 0 bridgehead atoms. The minimum atomic E-state index is -0.318. The molecule has 0 aliphatic carbocycles. The van der Waals surface area contributed by atoms with Gasteiger partial charge in [-0.05, 0) is 77.3 Å². The van der Waals surface area contributed by atoms with Crippen molar-refractivity contribution in [3.63, 3.8) is 0 Å². The molecular weight excluding hydrogens is 416 g/mol. The lowest BCUT2D eigenvalue weighted by Crippen LogP contribution is -2.34. The molecule has 0 atom stereocenters. The first-order valence-electron chi connectivity index (χ1n) is 11.5. The van der Waals surface area contributed by atoms with E-state index in [9.17, 15) is 9.59 Å². The van der Waals surface area contributed by atoms with Crippen LogP contribution in [0, 0.1) is 13.8 Å². The molecule has 33 heavy (non-hydrogen) atoms. The first-order chi connectivity index (χ1) is 15.7. The van der Waals surface area contributed by atoms with Crippen LogP contribution in [-0.4, -0.2) is 42.1 Å². The fraction of sp³-hybridized carbons (Fsp3) is 0.407. The van der Waals surface area contributed by atoms with E-state index in [4.69, 9.17) is 9.47 Å². The SMILES string of the molecule is Cc1ccc(NC2=C(c3ccc(OC(C)C)cc3)C(=O)N(CCCOC(C)C)C2=O)c(C)c1. The van der Waals surface area contributed by atoms with Gasteiger partial charge in [0.25, 0.3) is 11.8 Å². The van der Waals surface area contributed by atoms with E-state index in [2.05, 4.69) is 5.32 Å². The Morgan fingerprint density at radius 2 is 1.61 bits per heavy atom. The maximum absolute atomic E-state index is 13.4. The van der Waals surface area contributed by atoms with Crippen LogP contribution in [-0.2, 0) is 14.3 Å². The number of hydrogen-bond donors (Lipinski definition) is 1. The summed E-state index contributed by atoms with van der Waals surface area (Å²) in [7, 11) is 0. The number of hydrogen-bond acceptors (Lipinski definition) is 5. The lowest BCUT2D eigenvalue weighted by molar-refractivity contribution is -0.137. The van der Waals surface area contributed by atoms with Gasteiger partial charge in [0.15, 0.2) is 0 Å². The number of rotatable bonds is 10. The summed E-state index contributed by atoms with van der Waals surface area (Å²) in [6, 6.07) is 13.3. The summed E-state index contributed by atoms with van der Waals surface area (Å²) in [6.45, 7) is 12.6. The summed E-state index contributed by atoms with van der Waals surface area (Å²) in [5.41, 5.74) is 4.30. The number of ether oxygens (including phenoxy) is 2. The number of carbonyl (C=O) groups is 2. The summed E-state index contributed by atoms with van der Waals surface area (Å²) < 4.78 is 11.3. The molecule has 0 radical (unpaired) electrons. The molecule has 6 nitrogen and oxygen atoms in total. The average molecular weight is 451 g/mol. The maximum atomic E-state index is 13.4. The van der Waals surface area contributed by atoms with E-state index in [1.54, 1.807) is 0 Å². The van der Waals surface area contributed by atoms with Gasteiger partial charge in [-0.15, -0.1) is 0 Å². The Bertz CT molecular complexity index is 1040. The van der Waals surface area contributed by atoms with Crippen molar-refractivity contribution in [2.24, 2.45) is 0 Å². The van der Waals surface area contributed by atoms with Crippen molar-refractivity contribution >= 4 is 23.1 Å². The largest absolute Gasteiger partial charge is 0.491 e. The standard InChI is InChI=1S/C27H34N2O4/c1-17(2)32-15-7-14-29-26(30)24(21-9-11-22(12-10-21)33-18(3)4)25(27(29)31)28-23-13-8-19(5)16-20(23)6/h8-13,16-18,28H,7,14-15H2,1-6H3. The van der Waals surface area contributed by atoms with Crippen molar-refractivity contribution in [1.29, 1.82) is 0 Å². The van der Waals surface area contributed by atoms with Gasteiger partial charge in [-0.25, -0.2) is 0 Å². The van der Waals surface area contributed by atoms with E-state index in [1.165, 1.54) is 4.90 Å². The zero-order valence-corrected chi connectivity index (χ0v) is 20.4. The molecule has 0 aromatic heterocycles. The molecule has 0 saturated carbocycles. The molecule has 1 aliphatic rings. The molecule has 0 fully saturated rings. The molecule has 1 N–H and O–H groups in total. The van der Waals surface area contributed by atoms with Crippen LogP contribution >= 0.6 is 0 Å². The van der Waals surface area contributed by atoms with Crippen molar-refractivity contribution in [3.8, 4) is 5.75 Å². The lowest BCUT2D eigenvalue weighted by atomic mass is 10.0. The number of carbonyl (C=O) groups excluding carboxylic acids is 2. The van der Waals surface area contributed by atoms with Crippen LogP contribution in [0.25, 0.3) is 5.57 Å². The third kappa shape index (κ3) is 6.02. The van der Waals surface area contributed by atoms with Crippen LogP contribution in [0.5, 0.6) is 5.75 Å². The fourth-order valence-corrected chi connectivity index (χ4v) is 3.77. The Balaban J connectivity index is 1.93. The van der Waals surface area contributed by atoms with E-state index in [-0.39, 0.29) is 24.0 Å². The average Bonchev–Trinajstić information content (AvgIpc) is 2.97. The number of imide groups is 1. The van der Waals surface area contributed by atoms with Gasteiger partial charge in [-0.3, -0.25) is 14.5 Å². The van der Waals surface area contributed by atoms with Gasteiger partial charge in [-0.1, -0.05) is 29.8 Å². The molecule has 1 heterocycles. The monoisotopic (exact) mass is 450 g/mol. The molecule has 6 heteroatoms. The molecule has 176 valence electrons. The highest BCUT2D eigenvalue weighted by atomic mass is 16.5. The summed E-state index contributed by atoms with van der Waals surface area (Å²) in [4.78, 5) is 28.0. The van der Waals surface area contributed by atoms with Crippen LogP contribution in [0.3, 0.4) is 0 Å². The first kappa shape index (κ1) is 24.5. The first-order valence-corrected chi connectivity index (χ1v) is 11.5. The van der Waals surface area contributed by atoms with Gasteiger partial charge in [-0.2, -0.15) is 0 Å². The van der Waals surface area contributed by atoms with E-state index in [0.29, 0.717) is 36.4 Å². The molecular formula is C27H34N2O4. The normalized spacial score (nSPS) is 14.1. The van der Waals surface area contributed by atoms with Crippen LogP contribution < -0.4 is 10.1 Å². The highest BCUT2D eigenvalue weighted by Gasteiger charge is 2.39. The van der Waals surface area contributed by atoms with Gasteiger partial charge in [0.05, 0.1) is 17.8 Å². The Labute approximate surface area is 196 Å². The van der Waals surface area contributed by atoms with Crippen LogP contribution in [0.1, 0.15) is 50.8 Å². The van der Waals surface area contributed by atoms with Gasteiger partial charge in [0, 0.05) is 18.8 Å². The Hall–Kier alpha value is -3.12. The minimum Gasteiger partial charge on any atom is -0.491 e. The number of aryl methyl sites for hydroxylation is 2. The second kappa shape index (κ2) is 10.7. The molecule has 2 amide bonds. The number of nitrogens with zero attached hydrogens (tertiary/aromatic N) is 1. The lowest BCUT2D eigenvalue weighted by Gasteiger charge is -2.16. The van der Waals surface area contributed by atoms with Crippen molar-refractivity contribution in [2.45, 2.75) is 60.2 Å². The minimum absolute atomic E-state index is 0.0510. The van der Waals surface area contributed by atoms with Crippen LogP contribution in [0.4, 0.5) is 5.69 Å². The third-order valence-electron chi connectivity index (χ3n) is 5.30.